The SMILES string of the molecule is CN(C)c1ccc(O)c2c1CC1C[C@H]3[C@@H](NCCO)C(=O)C(C(N)=O)=C(O)[C@@]3(O)C(=O)C1=C2O.CN(C)c1ccc(O)c2c1CC1C[C@H]3[C@H](NCCO)C(=O)C(C(N)=O)=C(O)[C@@]3(O)C(=O)C1=C2O. The van der Waals surface area contributed by atoms with E-state index in [0.717, 1.165) is 0 Å². The monoisotopic (exact) mass is 946 g/mol. The Morgan fingerprint density at radius 2 is 0.956 bits per heavy atom. The zero-order chi connectivity index (χ0) is 50.2. The first-order chi connectivity index (χ1) is 31.9. The highest BCUT2D eigenvalue weighted by Gasteiger charge is 2.65. The Morgan fingerprint density at radius 3 is 1.25 bits per heavy atom. The van der Waals surface area contributed by atoms with E-state index in [1.165, 1.54) is 12.1 Å². The number of primary amides is 2. The molecule has 8 atom stereocenters. The molecule has 364 valence electrons. The maximum absolute atomic E-state index is 13.7. The molecule has 2 unspecified atom stereocenters. The molecule has 0 radical (unpaired) electrons. The molecule has 0 aromatic heterocycles. The van der Waals surface area contributed by atoms with Crippen LogP contribution in [0, 0.1) is 23.7 Å². The fourth-order valence-corrected chi connectivity index (χ4v) is 11.1. The lowest BCUT2D eigenvalue weighted by molar-refractivity contribution is -0.151. The van der Waals surface area contributed by atoms with E-state index in [0.29, 0.717) is 22.5 Å². The highest BCUT2D eigenvalue weighted by molar-refractivity contribution is 6.25. The first kappa shape index (κ1) is 49.1. The van der Waals surface area contributed by atoms with Gasteiger partial charge in [0.15, 0.2) is 22.8 Å². The van der Waals surface area contributed by atoms with Gasteiger partial charge in [-0.1, -0.05) is 0 Å². The van der Waals surface area contributed by atoms with Crippen LogP contribution >= 0.6 is 0 Å². The molecule has 68 heavy (non-hydrogen) atoms. The van der Waals surface area contributed by atoms with Gasteiger partial charge in [0.25, 0.3) is 11.8 Å². The van der Waals surface area contributed by atoms with Gasteiger partial charge in [0.05, 0.1) is 36.4 Å². The lowest BCUT2D eigenvalue weighted by Gasteiger charge is -2.49. The third-order valence-electron chi connectivity index (χ3n) is 14.0. The molecule has 0 heterocycles. The number of phenolic OH excluding ortho intramolecular Hbond substituents is 2. The van der Waals surface area contributed by atoms with Crippen molar-refractivity contribution in [3.05, 3.63) is 80.3 Å². The Balaban J connectivity index is 0.000000201. The Morgan fingerprint density at radius 1 is 0.618 bits per heavy atom. The first-order valence-corrected chi connectivity index (χ1v) is 21.6. The number of nitrogens with one attached hydrogen (secondary N) is 2. The lowest BCUT2D eigenvalue weighted by atomic mass is 9.57. The summed E-state index contributed by atoms with van der Waals surface area (Å²) in [4.78, 5) is 80.9. The van der Waals surface area contributed by atoms with Gasteiger partial charge in [-0.2, -0.15) is 0 Å². The van der Waals surface area contributed by atoms with E-state index in [-0.39, 0.29) is 85.8 Å². The fraction of sp³-hybridized carbons (Fsp3) is 0.435. The van der Waals surface area contributed by atoms with E-state index in [4.69, 9.17) is 11.5 Å². The largest absolute Gasteiger partial charge is 0.508 e. The number of rotatable bonds is 10. The molecule has 22 nitrogen and oxygen atoms in total. The molecule has 2 aromatic carbocycles. The molecule has 6 aliphatic rings. The Hall–Kier alpha value is -6.82. The van der Waals surface area contributed by atoms with E-state index in [9.17, 15) is 79.8 Å². The summed E-state index contributed by atoms with van der Waals surface area (Å²) in [5, 5.41) is 112. The van der Waals surface area contributed by atoms with Crippen molar-refractivity contribution in [3.63, 3.8) is 0 Å². The number of aliphatic hydroxyl groups is 8. The summed E-state index contributed by atoms with van der Waals surface area (Å²) in [6, 6.07) is 3.54. The molecular weight excluding hydrogens is 893 g/mol. The van der Waals surface area contributed by atoms with Crippen molar-refractivity contribution in [2.45, 2.75) is 49.0 Å². The average Bonchev–Trinajstić information content (AvgIpc) is 3.26. The number of amides is 2. The Labute approximate surface area is 387 Å². The highest BCUT2D eigenvalue weighted by atomic mass is 16.4. The van der Waals surface area contributed by atoms with Crippen LogP contribution < -0.4 is 31.9 Å². The van der Waals surface area contributed by atoms with Crippen LogP contribution in [-0.4, -0.2) is 164 Å². The molecule has 0 saturated heterocycles. The van der Waals surface area contributed by atoms with Crippen molar-refractivity contribution in [3.8, 4) is 11.5 Å². The number of aromatic hydroxyl groups is 2. The van der Waals surface area contributed by atoms with Crippen molar-refractivity contribution in [2.75, 3.05) is 64.3 Å². The maximum Gasteiger partial charge on any atom is 0.255 e. The van der Waals surface area contributed by atoms with Crippen LogP contribution in [0.2, 0.25) is 0 Å². The van der Waals surface area contributed by atoms with E-state index in [1.807, 2.05) is 0 Å². The van der Waals surface area contributed by atoms with Crippen LogP contribution in [0.5, 0.6) is 11.5 Å². The zero-order valence-electron chi connectivity index (χ0n) is 37.4. The number of hydrogen-bond donors (Lipinski definition) is 14. The van der Waals surface area contributed by atoms with Crippen LogP contribution in [0.25, 0.3) is 11.5 Å². The summed E-state index contributed by atoms with van der Waals surface area (Å²) < 4.78 is 0. The number of aliphatic hydroxyl groups excluding tert-OH is 6. The zero-order valence-corrected chi connectivity index (χ0v) is 37.4. The predicted molar refractivity (Wildman–Crippen MR) is 240 cm³/mol. The number of phenols is 2. The van der Waals surface area contributed by atoms with Crippen LogP contribution in [0.3, 0.4) is 0 Å². The van der Waals surface area contributed by atoms with Gasteiger partial charge in [-0.25, -0.2) is 0 Å². The molecule has 0 spiro atoms. The van der Waals surface area contributed by atoms with Gasteiger partial charge in [-0.3, -0.25) is 28.8 Å². The van der Waals surface area contributed by atoms with Crippen molar-refractivity contribution in [2.24, 2.45) is 35.1 Å². The van der Waals surface area contributed by atoms with Gasteiger partial charge >= 0.3 is 0 Å². The minimum absolute atomic E-state index is 0.0193. The second-order valence-corrected chi connectivity index (χ2v) is 18.1. The predicted octanol–water partition coefficient (Wildman–Crippen LogP) is -1.90. The lowest BCUT2D eigenvalue weighted by Crippen LogP contribution is -2.66. The summed E-state index contributed by atoms with van der Waals surface area (Å²) in [5.74, 6) is -14.2. The quantitative estimate of drug-likeness (QED) is 0.116. The van der Waals surface area contributed by atoms with Crippen LogP contribution in [-0.2, 0) is 41.6 Å². The topological polar surface area (TPSA) is 387 Å². The van der Waals surface area contributed by atoms with Gasteiger partial charge in [0, 0.05) is 75.6 Å². The summed E-state index contributed by atoms with van der Waals surface area (Å²) in [6.45, 7) is -0.883. The number of nitrogens with two attached hydrogens (primary N) is 2. The van der Waals surface area contributed by atoms with Gasteiger partial charge in [-0.05, 0) is 72.9 Å². The number of Topliss-reactive ketones (excluding diaryl/α,β-unsaturated/α-hetero) is 4. The van der Waals surface area contributed by atoms with Crippen molar-refractivity contribution in [1.29, 1.82) is 0 Å². The molecule has 16 N–H and O–H groups in total. The minimum Gasteiger partial charge on any atom is -0.508 e. The van der Waals surface area contributed by atoms with Crippen LogP contribution in [0.1, 0.15) is 35.1 Å². The van der Waals surface area contributed by atoms with E-state index in [1.54, 1.807) is 50.1 Å². The molecule has 22 heteroatoms. The summed E-state index contributed by atoms with van der Waals surface area (Å²) in [6.07, 6.45) is 0.384. The number of anilines is 2. The van der Waals surface area contributed by atoms with Crippen molar-refractivity contribution in [1.82, 2.24) is 10.6 Å². The van der Waals surface area contributed by atoms with Gasteiger partial charge in [0.1, 0.15) is 45.7 Å². The molecule has 8 rings (SSSR count). The number of hydrogen-bond acceptors (Lipinski definition) is 20. The molecule has 2 amide bonds. The van der Waals surface area contributed by atoms with Crippen LogP contribution in [0.4, 0.5) is 11.4 Å². The summed E-state index contributed by atoms with van der Waals surface area (Å²) >= 11 is 0. The normalized spacial score (nSPS) is 28.4. The fourth-order valence-electron chi connectivity index (χ4n) is 11.1. The number of benzene rings is 2. The standard InChI is InChI=1S/2C23H27N3O8/c2*1-26(2)12-3-4-13(28)15-10(12)7-9-8-11-17(25-5-6-27)19(30)16(22(24)33)21(32)23(11,34)20(31)14(9)18(15)29/h2*3-4,9,11,17,25,27-29,32,34H,5-8H2,1-2H3,(H2,24,33)/t9?,11-,17+,23-;9?,11-,17-,23-/m00/s1. The third kappa shape index (κ3) is 7.17. The summed E-state index contributed by atoms with van der Waals surface area (Å²) in [5.41, 5.74) is 5.60. The molecular formula is C46H54N6O16. The number of carbonyl (C=O) groups excluding carboxylic acids is 6. The minimum atomic E-state index is -2.71. The summed E-state index contributed by atoms with van der Waals surface area (Å²) in [7, 11) is 7.15. The molecule has 6 aliphatic carbocycles. The highest BCUT2D eigenvalue weighted by Crippen LogP contribution is 2.55. The average molecular weight is 947 g/mol. The Kier molecular flexibility index (Phi) is 12.8. The molecule has 0 bridgehead atoms. The molecule has 2 fully saturated rings. The van der Waals surface area contributed by atoms with E-state index >= 15 is 0 Å². The first-order valence-electron chi connectivity index (χ1n) is 21.6. The second-order valence-electron chi connectivity index (χ2n) is 18.1. The smallest absolute Gasteiger partial charge is 0.255 e. The molecule has 0 aliphatic heterocycles. The molecule has 2 saturated carbocycles. The second kappa shape index (κ2) is 17.7. The van der Waals surface area contributed by atoms with Gasteiger partial charge < -0.3 is 83.0 Å². The number of fused-ring (bicyclic) bond motifs is 6. The maximum atomic E-state index is 13.7. The van der Waals surface area contributed by atoms with Crippen molar-refractivity contribution >= 4 is 57.8 Å². The third-order valence-corrected chi connectivity index (χ3v) is 14.0. The van der Waals surface area contributed by atoms with Gasteiger partial charge in [0.2, 0.25) is 11.6 Å². The Bertz CT molecular complexity index is 2520. The molecule has 2 aromatic rings. The number of nitrogens with zero attached hydrogens (tertiary/aromatic N) is 2. The van der Waals surface area contributed by atoms with E-state index < -0.39 is 116 Å². The van der Waals surface area contributed by atoms with Crippen LogP contribution in [0.15, 0.2) is 58.1 Å². The van der Waals surface area contributed by atoms with Gasteiger partial charge in [-0.15, -0.1) is 0 Å². The van der Waals surface area contributed by atoms with E-state index in [2.05, 4.69) is 10.6 Å². The van der Waals surface area contributed by atoms with Crippen molar-refractivity contribution < 1.29 is 79.8 Å². The number of carbonyl (C=O) groups is 6. The number of ketones is 4.